The van der Waals surface area contributed by atoms with Crippen LogP contribution in [-0.4, -0.2) is 16.6 Å². The molecule has 0 atom stereocenters. The van der Waals surface area contributed by atoms with Crippen LogP contribution in [-0.2, 0) is 0 Å². The molecule has 0 heterocycles. The molecule has 0 aliphatic rings. The molecule has 0 radical (unpaired) electrons. The Morgan fingerprint density at radius 3 is 2.07 bits per heavy atom. The second-order valence-electron chi connectivity index (χ2n) is 5.63. The van der Waals surface area contributed by atoms with Crippen LogP contribution in [0.4, 0.5) is 5.69 Å². The van der Waals surface area contributed by atoms with Crippen molar-refractivity contribution in [2.24, 2.45) is 5.73 Å². The molecule has 3 rings (SSSR count). The highest BCUT2D eigenvalue weighted by Crippen LogP contribution is 2.32. The summed E-state index contributed by atoms with van der Waals surface area (Å²) in [5.74, 6) is -0.631. The minimum Gasteiger partial charge on any atom is -0.450 e. The van der Waals surface area contributed by atoms with Gasteiger partial charge in [0, 0.05) is 22.8 Å². The molecule has 0 aromatic heterocycles. The first kappa shape index (κ1) is 17.8. The highest BCUT2D eigenvalue weighted by Gasteiger charge is 2.20. The molecule has 0 aliphatic heterocycles. The fourth-order valence-electron chi connectivity index (χ4n) is 2.46. The second-order valence-corrected chi connectivity index (χ2v) is 5.63. The van der Waals surface area contributed by atoms with Crippen molar-refractivity contribution in [2.45, 2.75) is 0 Å². The zero-order chi connectivity index (χ0) is 19.4. The summed E-state index contributed by atoms with van der Waals surface area (Å²) in [6, 6.07) is 18.4. The maximum absolute atomic E-state index is 12.5. The van der Waals surface area contributed by atoms with E-state index < -0.39 is 10.8 Å². The van der Waals surface area contributed by atoms with Gasteiger partial charge in [-0.05, 0) is 36.4 Å². The Balaban J connectivity index is 1.91. The average Bonchev–Trinajstić information content (AvgIpc) is 2.68. The number of benzene rings is 3. The van der Waals surface area contributed by atoms with Crippen molar-refractivity contribution in [3.63, 3.8) is 0 Å². The molecule has 7 heteroatoms. The Labute approximate surface area is 154 Å². The number of rotatable bonds is 6. The third-order valence-corrected chi connectivity index (χ3v) is 3.82. The van der Waals surface area contributed by atoms with Gasteiger partial charge in [-0.25, -0.2) is 0 Å². The number of amides is 1. The third-order valence-electron chi connectivity index (χ3n) is 3.82. The number of nitrogens with two attached hydrogens (primary N) is 1. The number of primary amides is 1. The summed E-state index contributed by atoms with van der Waals surface area (Å²) in [6.45, 7) is 0. The van der Waals surface area contributed by atoms with E-state index in [1.54, 1.807) is 30.3 Å². The van der Waals surface area contributed by atoms with Crippen molar-refractivity contribution in [1.29, 1.82) is 0 Å². The molecule has 1 amide bonds. The van der Waals surface area contributed by atoms with E-state index in [9.17, 15) is 19.7 Å². The monoisotopic (exact) mass is 362 g/mol. The van der Waals surface area contributed by atoms with E-state index in [2.05, 4.69) is 0 Å². The maximum atomic E-state index is 12.5. The minimum atomic E-state index is -0.616. The lowest BCUT2D eigenvalue weighted by molar-refractivity contribution is -0.385. The Kier molecular flexibility index (Phi) is 4.94. The Morgan fingerprint density at radius 2 is 1.48 bits per heavy atom. The molecule has 27 heavy (non-hydrogen) atoms. The van der Waals surface area contributed by atoms with Crippen LogP contribution in [0.15, 0.2) is 72.8 Å². The molecule has 3 aromatic carbocycles. The fourth-order valence-corrected chi connectivity index (χ4v) is 2.46. The molecule has 3 aromatic rings. The largest absolute Gasteiger partial charge is 0.450 e. The van der Waals surface area contributed by atoms with E-state index in [-0.39, 0.29) is 22.8 Å². The number of hydrogen-bond acceptors (Lipinski definition) is 5. The SMILES string of the molecule is NC(=O)c1ccc(Oc2ccc(C(=O)c3ccccc3)cc2[N+](=O)[O-])cc1. The van der Waals surface area contributed by atoms with Crippen molar-refractivity contribution in [3.8, 4) is 11.5 Å². The number of nitrogens with zero attached hydrogens (tertiary/aromatic N) is 1. The van der Waals surface area contributed by atoms with E-state index >= 15 is 0 Å². The van der Waals surface area contributed by atoms with Gasteiger partial charge in [0.15, 0.2) is 5.78 Å². The third kappa shape index (κ3) is 3.98. The summed E-state index contributed by atoms with van der Waals surface area (Å²) in [5.41, 5.74) is 5.74. The minimum absolute atomic E-state index is 0.0172. The van der Waals surface area contributed by atoms with Gasteiger partial charge in [0.1, 0.15) is 5.75 Å². The van der Waals surface area contributed by atoms with E-state index in [0.717, 1.165) is 0 Å². The molecule has 7 nitrogen and oxygen atoms in total. The van der Waals surface area contributed by atoms with Gasteiger partial charge in [-0.2, -0.15) is 0 Å². The molecule has 0 fully saturated rings. The van der Waals surface area contributed by atoms with Gasteiger partial charge in [0.2, 0.25) is 11.7 Å². The number of hydrogen-bond donors (Lipinski definition) is 1. The normalized spacial score (nSPS) is 10.2. The van der Waals surface area contributed by atoms with Crippen molar-refractivity contribution < 1.29 is 19.2 Å². The van der Waals surface area contributed by atoms with E-state index in [4.69, 9.17) is 10.5 Å². The number of ether oxygens (including phenoxy) is 1. The number of carbonyl (C=O) groups is 2. The van der Waals surface area contributed by atoms with Gasteiger partial charge in [0.25, 0.3) is 0 Å². The Morgan fingerprint density at radius 1 is 0.852 bits per heavy atom. The molecule has 0 saturated carbocycles. The van der Waals surface area contributed by atoms with Crippen LogP contribution >= 0.6 is 0 Å². The standard InChI is InChI=1S/C20H14N2O5/c21-20(24)14-6-9-16(10-7-14)27-18-11-8-15(12-17(18)22(25)26)19(23)13-4-2-1-3-5-13/h1-12H,(H2,21,24). The number of carbonyl (C=O) groups excluding carboxylic acids is 2. The van der Waals surface area contributed by atoms with Crippen molar-refractivity contribution >= 4 is 17.4 Å². The van der Waals surface area contributed by atoms with Gasteiger partial charge in [-0.3, -0.25) is 19.7 Å². The highest BCUT2D eigenvalue weighted by molar-refractivity contribution is 6.09. The quantitative estimate of drug-likeness (QED) is 0.408. The van der Waals surface area contributed by atoms with Crippen molar-refractivity contribution in [3.05, 3.63) is 99.6 Å². The Hall–Kier alpha value is -4.00. The molecule has 2 N–H and O–H groups in total. The summed E-state index contributed by atoms with van der Waals surface area (Å²) >= 11 is 0. The van der Waals surface area contributed by atoms with Gasteiger partial charge in [-0.1, -0.05) is 30.3 Å². The van der Waals surface area contributed by atoms with Crippen LogP contribution in [0.2, 0.25) is 0 Å². The first-order chi connectivity index (χ1) is 13.0. The number of ketones is 1. The predicted octanol–water partition coefficient (Wildman–Crippen LogP) is 3.72. The zero-order valence-electron chi connectivity index (χ0n) is 14.0. The molecular formula is C20H14N2O5. The number of nitro benzene ring substituents is 1. The van der Waals surface area contributed by atoms with Gasteiger partial charge in [0.05, 0.1) is 4.92 Å². The summed E-state index contributed by atoms with van der Waals surface area (Å²) in [6.07, 6.45) is 0. The van der Waals surface area contributed by atoms with Crippen LogP contribution in [0.1, 0.15) is 26.3 Å². The van der Waals surface area contributed by atoms with Gasteiger partial charge >= 0.3 is 5.69 Å². The molecule has 0 spiro atoms. The molecule has 0 aliphatic carbocycles. The predicted molar refractivity (Wildman–Crippen MR) is 98.0 cm³/mol. The van der Waals surface area contributed by atoms with Crippen LogP contribution in [0.3, 0.4) is 0 Å². The lowest BCUT2D eigenvalue weighted by atomic mass is 10.0. The van der Waals surface area contributed by atoms with Crippen molar-refractivity contribution in [2.75, 3.05) is 0 Å². The van der Waals surface area contributed by atoms with Gasteiger partial charge in [-0.15, -0.1) is 0 Å². The summed E-state index contributed by atoms with van der Waals surface area (Å²) in [5, 5.41) is 11.4. The van der Waals surface area contributed by atoms with Gasteiger partial charge < -0.3 is 10.5 Å². The number of nitro groups is 1. The van der Waals surface area contributed by atoms with E-state index in [1.165, 1.54) is 42.5 Å². The van der Waals surface area contributed by atoms with Crippen LogP contribution in [0, 0.1) is 10.1 Å². The average molecular weight is 362 g/mol. The lowest BCUT2D eigenvalue weighted by Gasteiger charge is -2.08. The summed E-state index contributed by atoms with van der Waals surface area (Å²) in [4.78, 5) is 34.4. The van der Waals surface area contributed by atoms with Crippen LogP contribution < -0.4 is 10.5 Å². The maximum Gasteiger partial charge on any atom is 0.312 e. The first-order valence-electron chi connectivity index (χ1n) is 7.91. The Bertz CT molecular complexity index is 1010. The van der Waals surface area contributed by atoms with Crippen LogP contribution in [0.5, 0.6) is 11.5 Å². The summed E-state index contributed by atoms with van der Waals surface area (Å²) < 4.78 is 5.54. The first-order valence-corrected chi connectivity index (χ1v) is 7.91. The zero-order valence-corrected chi connectivity index (χ0v) is 14.0. The highest BCUT2D eigenvalue weighted by atomic mass is 16.6. The smallest absolute Gasteiger partial charge is 0.312 e. The lowest BCUT2D eigenvalue weighted by Crippen LogP contribution is -2.10. The molecule has 0 bridgehead atoms. The topological polar surface area (TPSA) is 113 Å². The molecule has 134 valence electrons. The fraction of sp³-hybridized carbons (Fsp3) is 0. The second kappa shape index (κ2) is 7.49. The molecule has 0 unspecified atom stereocenters. The van der Waals surface area contributed by atoms with E-state index in [1.807, 2.05) is 0 Å². The van der Waals surface area contributed by atoms with Crippen molar-refractivity contribution in [1.82, 2.24) is 0 Å². The summed E-state index contributed by atoms with van der Waals surface area (Å²) in [7, 11) is 0. The van der Waals surface area contributed by atoms with Crippen LogP contribution in [0.25, 0.3) is 0 Å². The van der Waals surface area contributed by atoms with E-state index in [0.29, 0.717) is 16.9 Å². The molecular weight excluding hydrogens is 348 g/mol. The molecule has 0 saturated heterocycles.